The average molecular weight is 416 g/mol. The summed E-state index contributed by atoms with van der Waals surface area (Å²) in [4.78, 5) is 14.0. The molecular formula is C21H21FN2O4S. The number of nitrogens with one attached hydrogen (secondary N) is 1. The van der Waals surface area contributed by atoms with Crippen molar-refractivity contribution in [2.45, 2.75) is 55.4 Å². The smallest absolute Gasteiger partial charge is 0.408 e. The van der Waals surface area contributed by atoms with Gasteiger partial charge in [0.25, 0.3) is 10.0 Å². The first-order valence-corrected chi connectivity index (χ1v) is 11.2. The van der Waals surface area contributed by atoms with Crippen LogP contribution in [0.3, 0.4) is 0 Å². The lowest BCUT2D eigenvalue weighted by Crippen LogP contribution is -2.53. The number of halogens is 1. The fourth-order valence-corrected chi connectivity index (χ4v) is 7.04. The van der Waals surface area contributed by atoms with Crippen LogP contribution in [0.2, 0.25) is 0 Å². The molecule has 1 fully saturated rings. The fourth-order valence-electron chi connectivity index (χ4n) is 5.14. The van der Waals surface area contributed by atoms with Gasteiger partial charge in [-0.25, -0.2) is 17.6 Å². The van der Waals surface area contributed by atoms with Crippen molar-refractivity contribution < 1.29 is 17.2 Å². The van der Waals surface area contributed by atoms with Crippen molar-refractivity contribution in [2.24, 2.45) is 0 Å². The Labute approximate surface area is 167 Å². The highest BCUT2D eigenvalue weighted by Gasteiger charge is 2.50. The van der Waals surface area contributed by atoms with Gasteiger partial charge in [0.1, 0.15) is 5.82 Å². The maximum absolute atomic E-state index is 13.9. The summed E-state index contributed by atoms with van der Waals surface area (Å²) in [6.07, 6.45) is 4.12. The lowest BCUT2D eigenvalue weighted by Gasteiger charge is -2.48. The van der Waals surface area contributed by atoms with Crippen LogP contribution in [0, 0.1) is 5.82 Å². The molecule has 2 aliphatic rings. The van der Waals surface area contributed by atoms with Crippen LogP contribution in [0.5, 0.6) is 0 Å². The van der Waals surface area contributed by atoms with Crippen molar-refractivity contribution in [2.75, 3.05) is 4.31 Å². The standard InChI is InChI=1S/C21H21FN2O4S/c1-13-12-21(8-2-3-9-21)24(18-7-4-14(22)10-16(13)18)29(26,27)15-5-6-17-19(11-15)28-20(25)23-17/h4-7,10-11,13H,2-3,8-9,12H2,1H3,(H,23,25)/t13-/m0/s1. The van der Waals surface area contributed by atoms with E-state index in [2.05, 4.69) is 4.98 Å². The summed E-state index contributed by atoms with van der Waals surface area (Å²) >= 11 is 0. The van der Waals surface area contributed by atoms with Gasteiger partial charge in [-0.3, -0.25) is 9.29 Å². The zero-order chi connectivity index (χ0) is 20.4. The molecule has 0 saturated heterocycles. The molecule has 1 N–H and O–H groups in total. The topological polar surface area (TPSA) is 83.4 Å². The van der Waals surface area contributed by atoms with E-state index < -0.39 is 21.3 Å². The Balaban J connectivity index is 1.73. The highest BCUT2D eigenvalue weighted by molar-refractivity contribution is 7.93. The van der Waals surface area contributed by atoms with Crippen LogP contribution in [0.4, 0.5) is 10.1 Å². The van der Waals surface area contributed by atoms with Crippen LogP contribution in [0.1, 0.15) is 50.5 Å². The second kappa shape index (κ2) is 6.19. The van der Waals surface area contributed by atoms with E-state index in [-0.39, 0.29) is 22.2 Å². The number of aromatic amines is 1. The van der Waals surface area contributed by atoms with Gasteiger partial charge in [0.05, 0.1) is 21.6 Å². The van der Waals surface area contributed by atoms with E-state index in [4.69, 9.17) is 4.42 Å². The minimum absolute atomic E-state index is 0.0591. The van der Waals surface area contributed by atoms with Gasteiger partial charge in [0.15, 0.2) is 5.58 Å². The number of fused-ring (bicyclic) bond motifs is 2. The van der Waals surface area contributed by atoms with Crippen LogP contribution in [-0.4, -0.2) is 18.9 Å². The third-order valence-electron chi connectivity index (χ3n) is 6.32. The van der Waals surface area contributed by atoms with Gasteiger partial charge >= 0.3 is 5.76 Å². The van der Waals surface area contributed by atoms with Crippen molar-refractivity contribution >= 4 is 26.8 Å². The SMILES string of the molecule is C[C@H]1CC2(CCCC2)N(S(=O)(=O)c2ccc3[nH]c(=O)oc3c2)c2ccc(F)cc21. The van der Waals surface area contributed by atoms with E-state index in [1.54, 1.807) is 6.07 Å². The van der Waals surface area contributed by atoms with Crippen LogP contribution in [0.15, 0.2) is 50.5 Å². The lowest BCUT2D eigenvalue weighted by atomic mass is 9.78. The van der Waals surface area contributed by atoms with E-state index >= 15 is 0 Å². The Bertz CT molecular complexity index is 1270. The molecule has 152 valence electrons. The highest BCUT2D eigenvalue weighted by atomic mass is 32.2. The van der Waals surface area contributed by atoms with Crippen molar-refractivity contribution in [3.63, 3.8) is 0 Å². The molecule has 1 spiro atoms. The van der Waals surface area contributed by atoms with E-state index in [1.807, 2.05) is 6.92 Å². The molecule has 8 heteroatoms. The largest absolute Gasteiger partial charge is 0.417 e. The molecule has 0 amide bonds. The second-order valence-electron chi connectivity index (χ2n) is 8.18. The number of aromatic nitrogens is 1. The van der Waals surface area contributed by atoms with E-state index in [9.17, 15) is 17.6 Å². The third kappa shape index (κ3) is 2.73. The van der Waals surface area contributed by atoms with E-state index in [0.29, 0.717) is 23.2 Å². The zero-order valence-electron chi connectivity index (χ0n) is 15.9. The Kier molecular flexibility index (Phi) is 3.93. The number of H-pyrrole nitrogens is 1. The van der Waals surface area contributed by atoms with Gasteiger partial charge in [0.2, 0.25) is 0 Å². The van der Waals surface area contributed by atoms with Gasteiger partial charge in [-0.05, 0) is 61.1 Å². The van der Waals surface area contributed by atoms with Crippen molar-refractivity contribution in [3.8, 4) is 0 Å². The van der Waals surface area contributed by atoms with Crippen molar-refractivity contribution in [1.82, 2.24) is 4.98 Å². The molecule has 0 radical (unpaired) electrons. The van der Waals surface area contributed by atoms with Crippen LogP contribution >= 0.6 is 0 Å². The monoisotopic (exact) mass is 416 g/mol. The first-order chi connectivity index (χ1) is 13.8. The van der Waals surface area contributed by atoms with Crippen LogP contribution in [-0.2, 0) is 10.0 Å². The number of rotatable bonds is 2. The minimum Gasteiger partial charge on any atom is -0.408 e. The number of hydrogen-bond acceptors (Lipinski definition) is 4. The summed E-state index contributed by atoms with van der Waals surface area (Å²) in [6.45, 7) is 2.03. The normalized spacial score (nSPS) is 21.0. The summed E-state index contributed by atoms with van der Waals surface area (Å²) in [5.41, 5.74) is 1.38. The number of anilines is 1. The molecular weight excluding hydrogens is 395 g/mol. The van der Waals surface area contributed by atoms with Crippen LogP contribution < -0.4 is 10.1 Å². The summed E-state index contributed by atoms with van der Waals surface area (Å²) < 4.78 is 48.2. The Morgan fingerprint density at radius 2 is 1.93 bits per heavy atom. The molecule has 2 aromatic carbocycles. The first kappa shape index (κ1) is 18.4. The van der Waals surface area contributed by atoms with Crippen molar-refractivity contribution in [1.29, 1.82) is 0 Å². The highest BCUT2D eigenvalue weighted by Crippen LogP contribution is 2.52. The number of hydrogen-bond donors (Lipinski definition) is 1. The van der Waals surface area contributed by atoms with E-state index in [0.717, 1.165) is 25.7 Å². The number of sulfonamides is 1. The number of nitrogens with zero attached hydrogens (tertiary/aromatic N) is 1. The maximum Gasteiger partial charge on any atom is 0.417 e. The quantitative estimate of drug-likeness (QED) is 0.676. The van der Waals surface area contributed by atoms with E-state index in [1.165, 1.54) is 34.6 Å². The van der Waals surface area contributed by atoms with Gasteiger partial charge in [-0.1, -0.05) is 19.8 Å². The molecule has 0 bridgehead atoms. The Hall–Kier alpha value is -2.61. The van der Waals surface area contributed by atoms with Crippen LogP contribution in [0.25, 0.3) is 11.1 Å². The molecule has 5 rings (SSSR count). The molecule has 1 saturated carbocycles. The third-order valence-corrected chi connectivity index (χ3v) is 8.24. The number of benzene rings is 2. The Morgan fingerprint density at radius 3 is 2.69 bits per heavy atom. The summed E-state index contributed by atoms with van der Waals surface area (Å²) in [7, 11) is -3.95. The molecule has 1 aliphatic heterocycles. The zero-order valence-corrected chi connectivity index (χ0v) is 16.8. The summed E-state index contributed by atoms with van der Waals surface area (Å²) in [5.74, 6) is -0.935. The molecule has 2 heterocycles. The number of oxazole rings is 1. The van der Waals surface area contributed by atoms with Gasteiger partial charge < -0.3 is 4.42 Å². The first-order valence-electron chi connectivity index (χ1n) is 9.78. The lowest BCUT2D eigenvalue weighted by molar-refractivity contribution is 0.360. The fraction of sp³-hybridized carbons (Fsp3) is 0.381. The molecule has 1 aromatic heterocycles. The maximum atomic E-state index is 13.9. The van der Waals surface area contributed by atoms with Crippen molar-refractivity contribution in [3.05, 3.63) is 58.3 Å². The molecule has 0 unspecified atom stereocenters. The molecule has 6 nitrogen and oxygen atoms in total. The Morgan fingerprint density at radius 1 is 1.17 bits per heavy atom. The molecule has 3 aromatic rings. The predicted octanol–water partition coefficient (Wildman–Crippen LogP) is 4.28. The second-order valence-corrected chi connectivity index (χ2v) is 9.97. The van der Waals surface area contributed by atoms with Gasteiger partial charge in [-0.2, -0.15) is 0 Å². The molecule has 1 aliphatic carbocycles. The molecule has 29 heavy (non-hydrogen) atoms. The predicted molar refractivity (Wildman–Crippen MR) is 107 cm³/mol. The minimum atomic E-state index is -3.95. The molecule has 1 atom stereocenters. The summed E-state index contributed by atoms with van der Waals surface area (Å²) in [6, 6.07) is 8.73. The van der Waals surface area contributed by atoms with Gasteiger partial charge in [0, 0.05) is 6.07 Å². The summed E-state index contributed by atoms with van der Waals surface area (Å²) in [5, 5.41) is 0. The van der Waals surface area contributed by atoms with Gasteiger partial charge in [-0.15, -0.1) is 0 Å². The average Bonchev–Trinajstić information content (AvgIpc) is 3.27.